The lowest BCUT2D eigenvalue weighted by molar-refractivity contribution is 0.0472. The van der Waals surface area contributed by atoms with Gasteiger partial charge in [-0.05, 0) is 36.8 Å². The van der Waals surface area contributed by atoms with Crippen LogP contribution in [0, 0.1) is 18.3 Å². The first-order chi connectivity index (χ1) is 9.61. The van der Waals surface area contributed by atoms with Crippen molar-refractivity contribution in [3.8, 4) is 6.07 Å². The highest BCUT2D eigenvalue weighted by molar-refractivity contribution is 5.90. The number of nitrogens with two attached hydrogens (primary N) is 1. The molecule has 5 nitrogen and oxygen atoms in total. The largest absolute Gasteiger partial charge is 0.457 e. The van der Waals surface area contributed by atoms with Crippen molar-refractivity contribution in [2.24, 2.45) is 0 Å². The number of esters is 1. The number of aromatic nitrogens is 1. The summed E-state index contributed by atoms with van der Waals surface area (Å²) in [6.07, 6.45) is 1.52. The number of rotatable bonds is 3. The number of nitrogens with zero attached hydrogens (tertiary/aromatic N) is 2. The standard InChI is InChI=1S/C15H13N3O2/c1-10-7-11(4-5-13(10)17)15(19)20-9-12-3-2-6-18-14(12)8-16/h2-7H,9,17H2,1H3. The van der Waals surface area contributed by atoms with Crippen LogP contribution in [-0.2, 0) is 11.3 Å². The minimum Gasteiger partial charge on any atom is -0.457 e. The number of carbonyl (C=O) groups is 1. The van der Waals surface area contributed by atoms with Crippen LogP contribution in [-0.4, -0.2) is 11.0 Å². The SMILES string of the molecule is Cc1cc(C(=O)OCc2cccnc2C#N)ccc1N. The van der Waals surface area contributed by atoms with E-state index in [1.165, 1.54) is 6.20 Å². The van der Waals surface area contributed by atoms with E-state index in [2.05, 4.69) is 4.98 Å². The predicted octanol–water partition coefficient (Wildman–Crippen LogP) is 2.20. The van der Waals surface area contributed by atoms with E-state index < -0.39 is 5.97 Å². The molecule has 20 heavy (non-hydrogen) atoms. The quantitative estimate of drug-likeness (QED) is 0.680. The zero-order chi connectivity index (χ0) is 14.5. The Bertz CT molecular complexity index is 690. The third kappa shape index (κ3) is 2.93. The van der Waals surface area contributed by atoms with Crippen LogP contribution in [0.25, 0.3) is 0 Å². The van der Waals surface area contributed by atoms with Gasteiger partial charge in [0.25, 0.3) is 0 Å². The highest BCUT2D eigenvalue weighted by Crippen LogP contribution is 2.14. The fourth-order valence-corrected chi connectivity index (χ4v) is 1.69. The molecule has 2 aromatic rings. The lowest BCUT2D eigenvalue weighted by Gasteiger charge is -2.07. The maximum absolute atomic E-state index is 11.9. The molecule has 0 fully saturated rings. The topological polar surface area (TPSA) is 89.0 Å². The Balaban J connectivity index is 2.09. The minimum atomic E-state index is -0.458. The van der Waals surface area contributed by atoms with Gasteiger partial charge in [-0.1, -0.05) is 6.07 Å². The second-order valence-electron chi connectivity index (χ2n) is 4.27. The summed E-state index contributed by atoms with van der Waals surface area (Å²) in [7, 11) is 0. The van der Waals surface area contributed by atoms with Crippen LogP contribution in [0.1, 0.15) is 27.2 Å². The van der Waals surface area contributed by atoms with Gasteiger partial charge in [0.15, 0.2) is 0 Å². The number of ether oxygens (including phenoxy) is 1. The number of hydrogen-bond donors (Lipinski definition) is 1. The summed E-state index contributed by atoms with van der Waals surface area (Å²) in [5, 5.41) is 8.90. The monoisotopic (exact) mass is 267 g/mol. The van der Waals surface area contributed by atoms with Gasteiger partial charge in [0.05, 0.1) is 5.56 Å². The molecule has 0 unspecified atom stereocenters. The number of aryl methyl sites for hydroxylation is 1. The molecule has 0 radical (unpaired) electrons. The van der Waals surface area contributed by atoms with Crippen molar-refractivity contribution in [1.82, 2.24) is 4.98 Å². The molecule has 0 amide bonds. The number of anilines is 1. The van der Waals surface area contributed by atoms with Gasteiger partial charge < -0.3 is 10.5 Å². The Kier molecular flexibility index (Phi) is 3.96. The van der Waals surface area contributed by atoms with Gasteiger partial charge in [-0.15, -0.1) is 0 Å². The normalized spacial score (nSPS) is 9.80. The van der Waals surface area contributed by atoms with Crippen molar-refractivity contribution in [1.29, 1.82) is 5.26 Å². The summed E-state index contributed by atoms with van der Waals surface area (Å²) in [6, 6.07) is 10.3. The van der Waals surface area contributed by atoms with E-state index in [-0.39, 0.29) is 12.3 Å². The maximum Gasteiger partial charge on any atom is 0.338 e. The Morgan fingerprint density at radius 1 is 1.45 bits per heavy atom. The summed E-state index contributed by atoms with van der Waals surface area (Å²) in [5.41, 5.74) is 8.41. The van der Waals surface area contributed by atoms with Crippen LogP contribution in [0.4, 0.5) is 5.69 Å². The predicted molar refractivity (Wildman–Crippen MR) is 73.7 cm³/mol. The van der Waals surface area contributed by atoms with Gasteiger partial charge in [0.2, 0.25) is 0 Å². The Morgan fingerprint density at radius 2 is 2.25 bits per heavy atom. The fourth-order valence-electron chi connectivity index (χ4n) is 1.69. The molecule has 0 saturated heterocycles. The first-order valence-corrected chi connectivity index (χ1v) is 5.99. The molecular formula is C15H13N3O2. The van der Waals surface area contributed by atoms with Crippen molar-refractivity contribution in [2.45, 2.75) is 13.5 Å². The first-order valence-electron chi connectivity index (χ1n) is 5.99. The zero-order valence-corrected chi connectivity index (χ0v) is 11.0. The zero-order valence-electron chi connectivity index (χ0n) is 11.0. The number of nitrogen functional groups attached to an aromatic ring is 1. The molecule has 0 saturated carbocycles. The van der Waals surface area contributed by atoms with Crippen molar-refractivity contribution in [2.75, 3.05) is 5.73 Å². The molecule has 2 N–H and O–H groups in total. The summed E-state index contributed by atoms with van der Waals surface area (Å²) in [4.78, 5) is 15.8. The van der Waals surface area contributed by atoms with Crippen LogP contribution in [0.3, 0.4) is 0 Å². The Morgan fingerprint density at radius 3 is 2.95 bits per heavy atom. The number of benzene rings is 1. The molecule has 2 rings (SSSR count). The lowest BCUT2D eigenvalue weighted by atomic mass is 10.1. The molecule has 0 aliphatic carbocycles. The summed E-state index contributed by atoms with van der Waals surface area (Å²) < 4.78 is 5.18. The van der Waals surface area contributed by atoms with Crippen LogP contribution in [0.5, 0.6) is 0 Å². The average molecular weight is 267 g/mol. The first kappa shape index (κ1) is 13.6. The van der Waals surface area contributed by atoms with Gasteiger partial charge in [0.1, 0.15) is 18.4 Å². The van der Waals surface area contributed by atoms with Crippen molar-refractivity contribution >= 4 is 11.7 Å². The third-order valence-corrected chi connectivity index (χ3v) is 2.86. The molecule has 1 aromatic carbocycles. The van der Waals surface area contributed by atoms with E-state index in [0.29, 0.717) is 16.8 Å². The number of carbonyl (C=O) groups excluding carboxylic acids is 1. The van der Waals surface area contributed by atoms with E-state index in [0.717, 1.165) is 5.56 Å². The second-order valence-corrected chi connectivity index (χ2v) is 4.27. The van der Waals surface area contributed by atoms with E-state index >= 15 is 0 Å². The summed E-state index contributed by atoms with van der Waals surface area (Å²) in [6.45, 7) is 1.83. The van der Waals surface area contributed by atoms with Gasteiger partial charge in [-0.2, -0.15) is 5.26 Å². The molecule has 0 bridgehead atoms. The van der Waals surface area contributed by atoms with Gasteiger partial charge >= 0.3 is 5.97 Å². The molecular weight excluding hydrogens is 254 g/mol. The van der Waals surface area contributed by atoms with Crippen LogP contribution < -0.4 is 5.73 Å². The van der Waals surface area contributed by atoms with E-state index in [4.69, 9.17) is 15.7 Å². The number of hydrogen-bond acceptors (Lipinski definition) is 5. The third-order valence-electron chi connectivity index (χ3n) is 2.86. The molecule has 0 aliphatic heterocycles. The van der Waals surface area contributed by atoms with E-state index in [1.807, 2.05) is 13.0 Å². The lowest BCUT2D eigenvalue weighted by Crippen LogP contribution is -2.07. The molecule has 1 aromatic heterocycles. The molecule has 100 valence electrons. The van der Waals surface area contributed by atoms with Gasteiger partial charge in [-0.25, -0.2) is 9.78 Å². The van der Waals surface area contributed by atoms with Crippen LogP contribution in [0.2, 0.25) is 0 Å². The second kappa shape index (κ2) is 5.85. The highest BCUT2D eigenvalue weighted by Gasteiger charge is 2.10. The number of nitriles is 1. The summed E-state index contributed by atoms with van der Waals surface area (Å²) >= 11 is 0. The van der Waals surface area contributed by atoms with Crippen molar-refractivity contribution in [3.05, 3.63) is 58.9 Å². The summed E-state index contributed by atoms with van der Waals surface area (Å²) in [5.74, 6) is -0.458. The highest BCUT2D eigenvalue weighted by atomic mass is 16.5. The van der Waals surface area contributed by atoms with E-state index in [1.54, 1.807) is 30.3 Å². The fraction of sp³-hybridized carbons (Fsp3) is 0.133. The minimum absolute atomic E-state index is 0.0129. The smallest absolute Gasteiger partial charge is 0.338 e. The molecule has 0 spiro atoms. The number of pyridine rings is 1. The Hall–Kier alpha value is -2.87. The maximum atomic E-state index is 11.9. The molecule has 0 atom stereocenters. The Labute approximate surface area is 116 Å². The molecule has 1 heterocycles. The van der Waals surface area contributed by atoms with Crippen LogP contribution in [0.15, 0.2) is 36.5 Å². The van der Waals surface area contributed by atoms with E-state index in [9.17, 15) is 4.79 Å². The van der Waals surface area contributed by atoms with Gasteiger partial charge in [0, 0.05) is 17.4 Å². The van der Waals surface area contributed by atoms with Crippen molar-refractivity contribution < 1.29 is 9.53 Å². The van der Waals surface area contributed by atoms with Crippen molar-refractivity contribution in [3.63, 3.8) is 0 Å². The van der Waals surface area contributed by atoms with Gasteiger partial charge in [-0.3, -0.25) is 0 Å². The molecule has 0 aliphatic rings. The average Bonchev–Trinajstić information content (AvgIpc) is 2.47. The van der Waals surface area contributed by atoms with Crippen LogP contribution >= 0.6 is 0 Å². The molecule has 5 heteroatoms.